The van der Waals surface area contributed by atoms with Gasteiger partial charge in [0.15, 0.2) is 0 Å². The number of carboxylic acids is 1. The van der Waals surface area contributed by atoms with Gasteiger partial charge in [-0.2, -0.15) is 0 Å². The van der Waals surface area contributed by atoms with Crippen molar-refractivity contribution in [3.05, 3.63) is 35.9 Å². The van der Waals surface area contributed by atoms with Crippen LogP contribution in [0.2, 0.25) is 0 Å². The molecule has 1 rings (SSSR count). The summed E-state index contributed by atoms with van der Waals surface area (Å²) in [4.78, 5) is 22.4. The number of nitrogens with one attached hydrogen (secondary N) is 1. The summed E-state index contributed by atoms with van der Waals surface area (Å²) in [6.45, 7) is 1.86. The summed E-state index contributed by atoms with van der Waals surface area (Å²) in [5.74, 6) is -1.52. The van der Waals surface area contributed by atoms with Crippen molar-refractivity contribution in [2.75, 3.05) is 0 Å². The second kappa shape index (κ2) is 9.14. The van der Waals surface area contributed by atoms with E-state index in [4.69, 9.17) is 0 Å². The first-order valence-electron chi connectivity index (χ1n) is 5.67. The molecule has 4 nitrogen and oxygen atoms in total. The maximum Gasteiger partial charge on any atom is 1.00 e. The van der Waals surface area contributed by atoms with Crippen molar-refractivity contribution in [1.82, 2.24) is 5.32 Å². The summed E-state index contributed by atoms with van der Waals surface area (Å²) in [7, 11) is 0. The summed E-state index contributed by atoms with van der Waals surface area (Å²) in [5, 5.41) is 13.2. The number of rotatable bonds is 6. The fourth-order valence-electron chi connectivity index (χ4n) is 1.56. The van der Waals surface area contributed by atoms with Gasteiger partial charge in [0.25, 0.3) is 0 Å². The van der Waals surface area contributed by atoms with Gasteiger partial charge in [-0.1, -0.05) is 43.7 Å². The normalized spacial score (nSPS) is 11.2. The minimum absolute atomic E-state index is 0. The molecule has 0 aromatic heterocycles. The third-order valence-electron chi connectivity index (χ3n) is 2.40. The molecular formula is C13H18NNaO3. The molecule has 1 atom stereocenters. The van der Waals surface area contributed by atoms with E-state index in [0.29, 0.717) is 12.8 Å². The van der Waals surface area contributed by atoms with E-state index in [2.05, 4.69) is 5.32 Å². The van der Waals surface area contributed by atoms with Crippen LogP contribution >= 0.6 is 0 Å². The van der Waals surface area contributed by atoms with Crippen LogP contribution in [0.25, 0.3) is 0 Å². The van der Waals surface area contributed by atoms with Crippen LogP contribution in [0.4, 0.5) is 0 Å². The number of hydrogen-bond donors (Lipinski definition) is 1. The maximum atomic E-state index is 11.6. The largest absolute Gasteiger partial charge is 1.00 e. The molecule has 0 bridgehead atoms. The molecule has 0 saturated heterocycles. The summed E-state index contributed by atoms with van der Waals surface area (Å²) in [6, 6.07) is 8.30. The Morgan fingerprint density at radius 2 is 1.94 bits per heavy atom. The van der Waals surface area contributed by atoms with E-state index < -0.39 is 12.0 Å². The number of aliphatic carboxylic acids is 1. The summed E-state index contributed by atoms with van der Waals surface area (Å²) < 4.78 is 0. The molecule has 18 heavy (non-hydrogen) atoms. The summed E-state index contributed by atoms with van der Waals surface area (Å²) in [5.41, 5.74) is 0.860. The molecule has 1 N–H and O–H groups in total. The first-order valence-corrected chi connectivity index (χ1v) is 5.67. The molecule has 0 fully saturated rings. The Labute approximate surface area is 131 Å². The number of carbonyl (C=O) groups is 2. The molecule has 0 aliphatic heterocycles. The van der Waals surface area contributed by atoms with E-state index in [1.54, 1.807) is 0 Å². The van der Waals surface area contributed by atoms with Crippen molar-refractivity contribution in [3.8, 4) is 0 Å². The number of amides is 1. The van der Waals surface area contributed by atoms with Crippen molar-refractivity contribution in [3.63, 3.8) is 0 Å². The van der Waals surface area contributed by atoms with Gasteiger partial charge < -0.3 is 15.2 Å². The van der Waals surface area contributed by atoms with Gasteiger partial charge in [-0.05, 0) is 12.0 Å². The molecule has 1 aromatic carbocycles. The van der Waals surface area contributed by atoms with E-state index in [-0.39, 0.29) is 43.3 Å². The molecule has 0 radical (unpaired) electrons. The number of carbonyl (C=O) groups excluding carboxylic acids is 2. The van der Waals surface area contributed by atoms with Gasteiger partial charge in [0.05, 0.1) is 18.4 Å². The standard InChI is InChI=1S/C13H17NO3.Na.H2/c1-2-6-11(13(16)17)14-12(15)9-10-7-4-3-5-8-10;;/h3-5,7-8,11H,2,6,9H2,1H3,(H,14,15)(H,16,17);;1H/q;+1;/p-1. The average molecular weight is 259 g/mol. The van der Waals surface area contributed by atoms with Gasteiger partial charge in [-0.25, -0.2) is 0 Å². The van der Waals surface area contributed by atoms with Crippen LogP contribution in [0, 0.1) is 0 Å². The van der Waals surface area contributed by atoms with Gasteiger partial charge in [0.2, 0.25) is 5.91 Å². The quantitative estimate of drug-likeness (QED) is 0.575. The van der Waals surface area contributed by atoms with Crippen LogP contribution in [0.1, 0.15) is 26.8 Å². The monoisotopic (exact) mass is 259 g/mol. The topological polar surface area (TPSA) is 69.2 Å². The Balaban J connectivity index is 0. The van der Waals surface area contributed by atoms with Gasteiger partial charge in [-0.15, -0.1) is 0 Å². The van der Waals surface area contributed by atoms with Gasteiger partial charge >= 0.3 is 29.6 Å². The smallest absolute Gasteiger partial charge is 0.548 e. The Hall–Kier alpha value is -0.840. The van der Waals surface area contributed by atoms with Gasteiger partial charge in [0.1, 0.15) is 0 Å². The predicted molar refractivity (Wildman–Crippen MR) is 64.1 cm³/mol. The van der Waals surface area contributed by atoms with Crippen molar-refractivity contribution < 1.29 is 45.7 Å². The number of carboxylic acid groups (broad SMARTS) is 1. The predicted octanol–water partition coefficient (Wildman–Crippen LogP) is -2.49. The third kappa shape index (κ3) is 6.19. The first kappa shape index (κ1) is 17.2. The van der Waals surface area contributed by atoms with Gasteiger partial charge in [0, 0.05) is 1.43 Å². The van der Waals surface area contributed by atoms with Crippen molar-refractivity contribution in [2.45, 2.75) is 32.2 Å². The SMILES string of the molecule is CCCC(NC(=O)Cc1ccccc1)C(=O)[O-].[HH].[Na+]. The Kier molecular flexibility index (Phi) is 8.71. The van der Waals surface area contributed by atoms with E-state index in [9.17, 15) is 14.7 Å². The summed E-state index contributed by atoms with van der Waals surface area (Å²) in [6.07, 6.45) is 1.27. The van der Waals surface area contributed by atoms with E-state index in [1.807, 2.05) is 37.3 Å². The molecular weight excluding hydrogens is 241 g/mol. The zero-order valence-corrected chi connectivity index (χ0v) is 12.8. The average Bonchev–Trinajstić information content (AvgIpc) is 2.29. The van der Waals surface area contributed by atoms with Crippen LogP contribution in [0.3, 0.4) is 0 Å². The van der Waals surface area contributed by atoms with Crippen LogP contribution in [-0.2, 0) is 16.0 Å². The molecule has 1 aromatic rings. The first-order chi connectivity index (χ1) is 8.13. The van der Waals surface area contributed by atoms with Crippen molar-refractivity contribution in [1.29, 1.82) is 0 Å². The van der Waals surface area contributed by atoms with E-state index in [0.717, 1.165) is 5.56 Å². The molecule has 0 spiro atoms. The fourth-order valence-corrected chi connectivity index (χ4v) is 1.56. The summed E-state index contributed by atoms with van der Waals surface area (Å²) >= 11 is 0. The van der Waals surface area contributed by atoms with Crippen LogP contribution in [0.15, 0.2) is 30.3 Å². The Morgan fingerprint density at radius 3 is 2.44 bits per heavy atom. The Morgan fingerprint density at radius 1 is 1.33 bits per heavy atom. The van der Waals surface area contributed by atoms with Crippen LogP contribution < -0.4 is 40.0 Å². The molecule has 0 heterocycles. The minimum atomic E-state index is -1.23. The van der Waals surface area contributed by atoms with Gasteiger partial charge in [-0.3, -0.25) is 4.79 Å². The minimum Gasteiger partial charge on any atom is -0.548 e. The molecule has 5 heteroatoms. The second-order valence-corrected chi connectivity index (χ2v) is 3.89. The van der Waals surface area contributed by atoms with Crippen molar-refractivity contribution in [2.24, 2.45) is 0 Å². The van der Waals surface area contributed by atoms with E-state index >= 15 is 0 Å². The molecule has 94 valence electrons. The fraction of sp³-hybridized carbons (Fsp3) is 0.385. The zero-order valence-electron chi connectivity index (χ0n) is 10.8. The zero-order chi connectivity index (χ0) is 12.7. The van der Waals surface area contributed by atoms with Crippen LogP contribution in [0.5, 0.6) is 0 Å². The number of hydrogen-bond acceptors (Lipinski definition) is 3. The molecule has 1 unspecified atom stereocenters. The van der Waals surface area contributed by atoms with E-state index in [1.165, 1.54) is 0 Å². The number of benzene rings is 1. The molecule has 0 saturated carbocycles. The maximum absolute atomic E-state index is 11.6. The molecule has 0 aliphatic carbocycles. The Bertz CT molecular complexity index is 387. The van der Waals surface area contributed by atoms with Crippen LogP contribution in [-0.4, -0.2) is 17.9 Å². The van der Waals surface area contributed by atoms with Crippen molar-refractivity contribution >= 4 is 11.9 Å². The molecule has 0 aliphatic rings. The second-order valence-electron chi connectivity index (χ2n) is 3.89. The third-order valence-corrected chi connectivity index (χ3v) is 2.40. The molecule has 1 amide bonds.